The Kier molecular flexibility index (Phi) is 5.62. The molecular formula is C18H30N2. The van der Waals surface area contributed by atoms with Crippen molar-refractivity contribution in [3.8, 4) is 0 Å². The van der Waals surface area contributed by atoms with Crippen LogP contribution in [0.2, 0.25) is 0 Å². The first-order chi connectivity index (χ1) is 9.63. The van der Waals surface area contributed by atoms with E-state index in [1.54, 1.807) is 0 Å². The molecule has 0 radical (unpaired) electrons. The molecule has 0 aliphatic heterocycles. The molecule has 1 aromatic rings. The summed E-state index contributed by atoms with van der Waals surface area (Å²) in [4.78, 5) is 2.62. The van der Waals surface area contributed by atoms with Crippen LogP contribution in [0, 0.1) is 19.8 Å². The van der Waals surface area contributed by atoms with Gasteiger partial charge < -0.3 is 10.2 Å². The third kappa shape index (κ3) is 4.32. The molecule has 1 fully saturated rings. The van der Waals surface area contributed by atoms with E-state index in [0.717, 1.165) is 25.6 Å². The summed E-state index contributed by atoms with van der Waals surface area (Å²) in [5, 5.41) is 3.68. The van der Waals surface area contributed by atoms with Crippen LogP contribution in [0.3, 0.4) is 0 Å². The van der Waals surface area contributed by atoms with Crippen molar-refractivity contribution in [3.05, 3.63) is 34.9 Å². The number of nitrogens with zero attached hydrogens (tertiary/aromatic N) is 1. The molecule has 1 atom stereocenters. The van der Waals surface area contributed by atoms with Crippen molar-refractivity contribution in [1.82, 2.24) is 10.2 Å². The summed E-state index contributed by atoms with van der Waals surface area (Å²) in [7, 11) is 0. The van der Waals surface area contributed by atoms with Crippen LogP contribution >= 0.6 is 0 Å². The summed E-state index contributed by atoms with van der Waals surface area (Å²) in [6.45, 7) is 13.5. The van der Waals surface area contributed by atoms with Gasteiger partial charge in [-0.2, -0.15) is 0 Å². The Morgan fingerprint density at radius 1 is 1.25 bits per heavy atom. The highest BCUT2D eigenvalue weighted by atomic mass is 15.1. The first kappa shape index (κ1) is 15.5. The van der Waals surface area contributed by atoms with Crippen molar-refractivity contribution in [2.75, 3.05) is 26.2 Å². The van der Waals surface area contributed by atoms with Gasteiger partial charge in [0, 0.05) is 19.1 Å². The lowest BCUT2D eigenvalue weighted by Gasteiger charge is -2.28. The number of likely N-dealkylation sites (N-methyl/N-ethyl adjacent to an activating group) is 2. The maximum Gasteiger partial charge on any atom is 0.0451 e. The molecule has 0 saturated heterocycles. The predicted molar refractivity (Wildman–Crippen MR) is 87.2 cm³/mol. The zero-order valence-corrected chi connectivity index (χ0v) is 13.6. The summed E-state index contributed by atoms with van der Waals surface area (Å²) in [5.41, 5.74) is 4.24. The van der Waals surface area contributed by atoms with Gasteiger partial charge in [-0.05, 0) is 56.8 Å². The average Bonchev–Trinajstić information content (AvgIpc) is 3.24. The fraction of sp³-hybridized carbons (Fsp3) is 0.667. The monoisotopic (exact) mass is 274 g/mol. The largest absolute Gasteiger partial charge is 0.309 e. The molecule has 1 aromatic carbocycles. The van der Waals surface area contributed by atoms with Crippen LogP contribution in [0.15, 0.2) is 18.2 Å². The summed E-state index contributed by atoms with van der Waals surface area (Å²) in [6.07, 6.45) is 2.87. The minimum absolute atomic E-state index is 0.457. The molecule has 0 bridgehead atoms. The molecule has 1 saturated carbocycles. The molecule has 1 N–H and O–H groups in total. The van der Waals surface area contributed by atoms with Gasteiger partial charge in [0.2, 0.25) is 0 Å². The van der Waals surface area contributed by atoms with E-state index >= 15 is 0 Å². The Labute approximate surface area is 124 Å². The molecule has 0 aromatic heterocycles. The van der Waals surface area contributed by atoms with E-state index in [-0.39, 0.29) is 0 Å². The molecule has 20 heavy (non-hydrogen) atoms. The second-order valence-electron chi connectivity index (χ2n) is 6.27. The standard InChI is InChI=1S/C18H30N2/c1-5-19-18(13-20(6-2)12-16-9-10-16)17-11-14(3)7-8-15(17)4/h7-8,11,16,18-19H,5-6,9-10,12-13H2,1-4H3. The average molecular weight is 274 g/mol. The summed E-state index contributed by atoms with van der Waals surface area (Å²) in [6, 6.07) is 7.28. The lowest BCUT2D eigenvalue weighted by Crippen LogP contribution is -2.36. The van der Waals surface area contributed by atoms with Crippen LogP contribution in [0.4, 0.5) is 0 Å². The number of rotatable bonds is 8. The molecule has 2 nitrogen and oxygen atoms in total. The van der Waals surface area contributed by atoms with E-state index in [2.05, 4.69) is 56.1 Å². The Balaban J connectivity index is 2.09. The normalized spacial score (nSPS) is 16.6. The van der Waals surface area contributed by atoms with Gasteiger partial charge in [0.05, 0.1) is 0 Å². The Morgan fingerprint density at radius 2 is 2.00 bits per heavy atom. The lowest BCUT2D eigenvalue weighted by molar-refractivity contribution is 0.245. The van der Waals surface area contributed by atoms with Crippen molar-refractivity contribution in [2.45, 2.75) is 46.6 Å². The van der Waals surface area contributed by atoms with Crippen molar-refractivity contribution in [2.24, 2.45) is 5.92 Å². The molecule has 1 aliphatic carbocycles. The van der Waals surface area contributed by atoms with Crippen molar-refractivity contribution in [1.29, 1.82) is 0 Å². The number of hydrogen-bond acceptors (Lipinski definition) is 2. The van der Waals surface area contributed by atoms with Gasteiger partial charge in [-0.3, -0.25) is 0 Å². The SMILES string of the molecule is CCNC(CN(CC)CC1CC1)c1cc(C)ccc1C. The van der Waals surface area contributed by atoms with Gasteiger partial charge in [0.25, 0.3) is 0 Å². The summed E-state index contributed by atoms with van der Waals surface area (Å²) < 4.78 is 0. The Hall–Kier alpha value is -0.860. The predicted octanol–water partition coefficient (Wildman–Crippen LogP) is 3.69. The van der Waals surface area contributed by atoms with Crippen LogP contribution in [0.1, 0.15) is 49.4 Å². The number of hydrogen-bond donors (Lipinski definition) is 1. The van der Waals surface area contributed by atoms with E-state index in [1.165, 1.54) is 36.1 Å². The molecule has 1 unspecified atom stereocenters. The van der Waals surface area contributed by atoms with Crippen LogP contribution in [-0.4, -0.2) is 31.1 Å². The molecule has 0 amide bonds. The third-order valence-corrected chi connectivity index (χ3v) is 4.36. The Bertz CT molecular complexity index is 423. The van der Waals surface area contributed by atoms with Gasteiger partial charge in [-0.15, -0.1) is 0 Å². The molecule has 1 aliphatic rings. The van der Waals surface area contributed by atoms with Gasteiger partial charge in [-0.1, -0.05) is 37.6 Å². The van der Waals surface area contributed by atoms with E-state index in [4.69, 9.17) is 0 Å². The van der Waals surface area contributed by atoms with Gasteiger partial charge in [0.1, 0.15) is 0 Å². The number of nitrogens with one attached hydrogen (secondary N) is 1. The highest BCUT2D eigenvalue weighted by Gasteiger charge is 2.25. The van der Waals surface area contributed by atoms with Gasteiger partial charge >= 0.3 is 0 Å². The maximum absolute atomic E-state index is 3.68. The summed E-state index contributed by atoms with van der Waals surface area (Å²) >= 11 is 0. The van der Waals surface area contributed by atoms with E-state index in [0.29, 0.717) is 6.04 Å². The molecule has 2 rings (SSSR count). The molecule has 0 heterocycles. The quantitative estimate of drug-likeness (QED) is 0.778. The van der Waals surface area contributed by atoms with Crippen molar-refractivity contribution < 1.29 is 0 Å². The highest BCUT2D eigenvalue weighted by molar-refractivity contribution is 5.33. The fourth-order valence-electron chi connectivity index (χ4n) is 2.91. The van der Waals surface area contributed by atoms with Crippen LogP contribution < -0.4 is 5.32 Å². The maximum atomic E-state index is 3.68. The highest BCUT2D eigenvalue weighted by Crippen LogP contribution is 2.30. The van der Waals surface area contributed by atoms with E-state index < -0.39 is 0 Å². The first-order valence-electron chi connectivity index (χ1n) is 8.16. The van der Waals surface area contributed by atoms with Gasteiger partial charge in [-0.25, -0.2) is 0 Å². The van der Waals surface area contributed by atoms with Gasteiger partial charge in [0.15, 0.2) is 0 Å². The lowest BCUT2D eigenvalue weighted by atomic mass is 9.98. The number of aryl methyl sites for hydroxylation is 2. The second kappa shape index (κ2) is 7.24. The van der Waals surface area contributed by atoms with Crippen LogP contribution in [0.25, 0.3) is 0 Å². The van der Waals surface area contributed by atoms with Crippen molar-refractivity contribution >= 4 is 0 Å². The number of benzene rings is 1. The topological polar surface area (TPSA) is 15.3 Å². The minimum atomic E-state index is 0.457. The van der Waals surface area contributed by atoms with E-state index in [1.807, 2.05) is 0 Å². The smallest absolute Gasteiger partial charge is 0.0451 e. The second-order valence-corrected chi connectivity index (χ2v) is 6.27. The minimum Gasteiger partial charge on any atom is -0.309 e. The molecule has 2 heteroatoms. The van der Waals surface area contributed by atoms with Crippen LogP contribution in [0.5, 0.6) is 0 Å². The molecular weight excluding hydrogens is 244 g/mol. The zero-order chi connectivity index (χ0) is 14.5. The fourth-order valence-corrected chi connectivity index (χ4v) is 2.91. The zero-order valence-electron chi connectivity index (χ0n) is 13.6. The third-order valence-electron chi connectivity index (χ3n) is 4.36. The van der Waals surface area contributed by atoms with Crippen molar-refractivity contribution in [3.63, 3.8) is 0 Å². The molecule has 0 spiro atoms. The first-order valence-corrected chi connectivity index (χ1v) is 8.16. The molecule has 112 valence electrons. The van der Waals surface area contributed by atoms with E-state index in [9.17, 15) is 0 Å². The Morgan fingerprint density at radius 3 is 2.60 bits per heavy atom. The summed E-state index contributed by atoms with van der Waals surface area (Å²) in [5.74, 6) is 0.968. The van der Waals surface area contributed by atoms with Crippen LogP contribution in [-0.2, 0) is 0 Å².